The Bertz CT molecular complexity index is 454. The predicted octanol–water partition coefficient (Wildman–Crippen LogP) is 2.39. The molecule has 0 atom stereocenters. The van der Waals surface area contributed by atoms with E-state index in [0.29, 0.717) is 11.3 Å². The summed E-state index contributed by atoms with van der Waals surface area (Å²) in [5, 5.41) is 2.12. The van der Waals surface area contributed by atoms with Crippen LogP contribution in [0.5, 0.6) is 0 Å². The molecular formula is C14H20N2S2. The molecule has 0 unspecified atom stereocenters. The second kappa shape index (κ2) is 6.12. The van der Waals surface area contributed by atoms with Crippen molar-refractivity contribution in [3.05, 3.63) is 21.9 Å². The lowest BCUT2D eigenvalue weighted by Gasteiger charge is -2.37. The molecule has 98 valence electrons. The molecule has 2 nitrogen and oxygen atoms in total. The highest BCUT2D eigenvalue weighted by Crippen LogP contribution is 2.31. The van der Waals surface area contributed by atoms with Crippen LogP contribution in [0.2, 0.25) is 0 Å². The first kappa shape index (κ1) is 14.0. The molecule has 2 rings (SSSR count). The van der Waals surface area contributed by atoms with Crippen molar-refractivity contribution in [2.75, 3.05) is 25.4 Å². The summed E-state index contributed by atoms with van der Waals surface area (Å²) < 4.78 is 0.374. The third-order valence-electron chi connectivity index (χ3n) is 2.94. The Hall–Kier alpha value is -0.470. The molecule has 1 aromatic heterocycles. The maximum Gasteiger partial charge on any atom is 0.0555 e. The number of thioether (sulfide) groups is 1. The van der Waals surface area contributed by atoms with Crippen molar-refractivity contribution in [3.8, 4) is 11.8 Å². The fourth-order valence-electron chi connectivity index (χ4n) is 2.17. The van der Waals surface area contributed by atoms with Gasteiger partial charge in [0.15, 0.2) is 0 Å². The van der Waals surface area contributed by atoms with Gasteiger partial charge in [-0.25, -0.2) is 0 Å². The lowest BCUT2D eigenvalue weighted by Crippen LogP contribution is -2.42. The van der Waals surface area contributed by atoms with Gasteiger partial charge in [0.1, 0.15) is 0 Å². The Kier molecular flexibility index (Phi) is 4.74. The van der Waals surface area contributed by atoms with Gasteiger partial charge in [0.25, 0.3) is 0 Å². The van der Waals surface area contributed by atoms with E-state index < -0.39 is 0 Å². The van der Waals surface area contributed by atoms with E-state index in [9.17, 15) is 0 Å². The number of nitrogens with zero attached hydrogens (tertiary/aromatic N) is 1. The molecule has 0 bridgehead atoms. The normalized spacial score (nSPS) is 19.3. The van der Waals surface area contributed by atoms with Crippen molar-refractivity contribution < 1.29 is 0 Å². The van der Waals surface area contributed by atoms with Crippen LogP contribution >= 0.6 is 23.1 Å². The van der Waals surface area contributed by atoms with Gasteiger partial charge >= 0.3 is 0 Å². The van der Waals surface area contributed by atoms with Crippen molar-refractivity contribution >= 4 is 23.1 Å². The van der Waals surface area contributed by atoms with Crippen LogP contribution in [-0.4, -0.2) is 35.0 Å². The van der Waals surface area contributed by atoms with Gasteiger partial charge < -0.3 is 5.73 Å². The summed E-state index contributed by atoms with van der Waals surface area (Å²) in [4.78, 5) is 3.91. The molecular weight excluding hydrogens is 260 g/mol. The van der Waals surface area contributed by atoms with E-state index in [2.05, 4.69) is 53.8 Å². The highest BCUT2D eigenvalue weighted by atomic mass is 32.2. The molecule has 1 fully saturated rings. The molecule has 1 aliphatic rings. The minimum Gasteiger partial charge on any atom is -0.320 e. The number of hydrogen-bond donors (Lipinski definition) is 1. The minimum atomic E-state index is 0.374. The van der Waals surface area contributed by atoms with Gasteiger partial charge in [-0.1, -0.05) is 11.8 Å². The van der Waals surface area contributed by atoms with E-state index in [4.69, 9.17) is 5.73 Å². The van der Waals surface area contributed by atoms with Gasteiger partial charge in [-0.05, 0) is 25.3 Å². The summed E-state index contributed by atoms with van der Waals surface area (Å²) in [5.74, 6) is 7.34. The maximum absolute atomic E-state index is 5.43. The molecule has 4 heteroatoms. The maximum atomic E-state index is 5.43. The molecule has 0 aliphatic carbocycles. The topological polar surface area (TPSA) is 29.3 Å². The van der Waals surface area contributed by atoms with Crippen LogP contribution in [0.15, 0.2) is 11.4 Å². The highest BCUT2D eigenvalue weighted by Gasteiger charge is 2.27. The van der Waals surface area contributed by atoms with Crippen LogP contribution < -0.4 is 5.73 Å². The zero-order valence-electron chi connectivity index (χ0n) is 11.0. The van der Waals surface area contributed by atoms with Gasteiger partial charge in [0.2, 0.25) is 0 Å². The quantitative estimate of drug-likeness (QED) is 0.844. The summed E-state index contributed by atoms with van der Waals surface area (Å²) in [6.45, 7) is 8.44. The van der Waals surface area contributed by atoms with E-state index in [-0.39, 0.29) is 0 Å². The number of rotatable bonds is 2. The standard InChI is InChI=1S/C14H20N2S2/c1-14(2)11-16(7-9-18-14)10-13-12(4-3-6-15)5-8-17-13/h5,8H,6-7,9-11,15H2,1-2H3. The number of nitrogens with two attached hydrogens (primary N) is 1. The lowest BCUT2D eigenvalue weighted by molar-refractivity contribution is 0.254. The average molecular weight is 280 g/mol. The summed E-state index contributed by atoms with van der Waals surface area (Å²) in [6, 6.07) is 2.10. The Morgan fingerprint density at radius 3 is 3.06 bits per heavy atom. The van der Waals surface area contributed by atoms with Crippen LogP contribution in [0, 0.1) is 11.8 Å². The van der Waals surface area contributed by atoms with Crippen molar-refractivity contribution in [2.45, 2.75) is 25.1 Å². The summed E-state index contributed by atoms with van der Waals surface area (Å²) >= 11 is 3.87. The van der Waals surface area contributed by atoms with Crippen LogP contribution in [0.25, 0.3) is 0 Å². The van der Waals surface area contributed by atoms with E-state index in [1.54, 1.807) is 11.3 Å². The lowest BCUT2D eigenvalue weighted by atomic mass is 10.1. The predicted molar refractivity (Wildman–Crippen MR) is 82.1 cm³/mol. The molecule has 1 aliphatic heterocycles. The largest absolute Gasteiger partial charge is 0.320 e. The zero-order valence-corrected chi connectivity index (χ0v) is 12.7. The first-order valence-corrected chi connectivity index (χ1v) is 8.09. The van der Waals surface area contributed by atoms with Gasteiger partial charge in [-0.3, -0.25) is 4.90 Å². The molecule has 1 saturated heterocycles. The van der Waals surface area contributed by atoms with Crippen molar-refractivity contribution in [1.82, 2.24) is 4.90 Å². The van der Waals surface area contributed by atoms with Gasteiger partial charge in [0.05, 0.1) is 6.54 Å². The Balaban J connectivity index is 2.03. The van der Waals surface area contributed by atoms with Crippen molar-refractivity contribution in [3.63, 3.8) is 0 Å². The third kappa shape index (κ3) is 3.76. The molecule has 0 radical (unpaired) electrons. The summed E-state index contributed by atoms with van der Waals surface area (Å²) in [5.41, 5.74) is 6.59. The van der Waals surface area contributed by atoms with Crippen LogP contribution in [-0.2, 0) is 6.54 Å². The van der Waals surface area contributed by atoms with Gasteiger partial charge in [-0.15, -0.1) is 11.3 Å². The van der Waals surface area contributed by atoms with E-state index in [1.807, 2.05) is 0 Å². The minimum absolute atomic E-state index is 0.374. The number of hydrogen-bond acceptors (Lipinski definition) is 4. The monoisotopic (exact) mass is 280 g/mol. The average Bonchev–Trinajstić information content (AvgIpc) is 2.72. The van der Waals surface area contributed by atoms with E-state index in [0.717, 1.165) is 18.7 Å². The number of thiophene rings is 1. The Morgan fingerprint density at radius 2 is 2.33 bits per heavy atom. The first-order valence-electron chi connectivity index (χ1n) is 6.22. The van der Waals surface area contributed by atoms with Crippen LogP contribution in [0.1, 0.15) is 24.3 Å². The summed E-state index contributed by atoms with van der Waals surface area (Å²) in [7, 11) is 0. The van der Waals surface area contributed by atoms with Crippen LogP contribution in [0.3, 0.4) is 0 Å². The molecule has 0 aromatic carbocycles. The highest BCUT2D eigenvalue weighted by molar-refractivity contribution is 8.00. The zero-order chi connectivity index (χ0) is 13.0. The van der Waals surface area contributed by atoms with Crippen molar-refractivity contribution in [1.29, 1.82) is 0 Å². The molecule has 0 amide bonds. The van der Waals surface area contributed by atoms with E-state index in [1.165, 1.54) is 17.2 Å². The fourth-order valence-corrected chi connectivity index (χ4v) is 4.22. The van der Waals surface area contributed by atoms with Crippen LogP contribution in [0.4, 0.5) is 0 Å². The molecule has 0 spiro atoms. The van der Waals surface area contributed by atoms with Gasteiger partial charge in [0, 0.05) is 40.6 Å². The molecule has 1 aromatic rings. The van der Waals surface area contributed by atoms with E-state index >= 15 is 0 Å². The molecule has 0 saturated carbocycles. The second-order valence-corrected chi connectivity index (χ2v) is 7.88. The van der Waals surface area contributed by atoms with Gasteiger partial charge in [-0.2, -0.15) is 11.8 Å². The Labute approximate surface area is 118 Å². The Morgan fingerprint density at radius 1 is 1.50 bits per heavy atom. The second-order valence-electron chi connectivity index (χ2n) is 5.08. The molecule has 2 heterocycles. The smallest absolute Gasteiger partial charge is 0.0555 e. The molecule has 2 N–H and O–H groups in total. The molecule has 18 heavy (non-hydrogen) atoms. The fraction of sp³-hybridized carbons (Fsp3) is 0.571. The first-order chi connectivity index (χ1) is 8.61. The third-order valence-corrected chi connectivity index (χ3v) is 5.15. The van der Waals surface area contributed by atoms with Crippen molar-refractivity contribution in [2.24, 2.45) is 5.73 Å². The summed E-state index contributed by atoms with van der Waals surface area (Å²) in [6.07, 6.45) is 0. The SMILES string of the molecule is CC1(C)CN(Cc2sccc2C#CCN)CCS1.